The van der Waals surface area contributed by atoms with Crippen LogP contribution < -0.4 is 5.73 Å². The summed E-state index contributed by atoms with van der Waals surface area (Å²) < 4.78 is 5.05. The highest BCUT2D eigenvalue weighted by molar-refractivity contribution is 8.01. The predicted octanol–water partition coefficient (Wildman–Crippen LogP) is 3.11. The third kappa shape index (κ3) is 2.55. The van der Waals surface area contributed by atoms with Crippen molar-refractivity contribution in [2.75, 3.05) is 0 Å². The highest BCUT2D eigenvalue weighted by atomic mass is 35.5. The summed E-state index contributed by atoms with van der Waals surface area (Å²) in [5.74, 6) is 0.795. The van der Waals surface area contributed by atoms with Gasteiger partial charge in [-0.2, -0.15) is 4.37 Å². The number of hydrogen-bond donors (Lipinski definition) is 1. The van der Waals surface area contributed by atoms with E-state index in [4.69, 9.17) is 17.3 Å². The van der Waals surface area contributed by atoms with Crippen molar-refractivity contribution in [3.63, 3.8) is 0 Å². The van der Waals surface area contributed by atoms with Crippen LogP contribution in [0.1, 0.15) is 11.4 Å². The number of benzene rings is 1. The van der Waals surface area contributed by atoms with Gasteiger partial charge < -0.3 is 5.73 Å². The van der Waals surface area contributed by atoms with Crippen molar-refractivity contribution in [1.82, 2.24) is 9.36 Å². The van der Waals surface area contributed by atoms with Gasteiger partial charge in [-0.15, -0.1) is 0 Å². The Balaban J connectivity index is 2.30. The summed E-state index contributed by atoms with van der Waals surface area (Å²) in [5, 5.41) is 0.703. The second-order valence-electron chi connectivity index (χ2n) is 3.13. The van der Waals surface area contributed by atoms with Crippen molar-refractivity contribution in [2.24, 2.45) is 5.73 Å². The van der Waals surface area contributed by atoms with Gasteiger partial charge in [0.1, 0.15) is 5.82 Å². The molecule has 0 bridgehead atoms. The average Bonchev–Trinajstić information content (AvgIpc) is 2.64. The molecule has 0 atom stereocenters. The number of aromatic nitrogens is 2. The summed E-state index contributed by atoms with van der Waals surface area (Å²) >= 11 is 9.02. The van der Waals surface area contributed by atoms with E-state index in [1.807, 2.05) is 25.1 Å². The number of halogens is 1. The first-order valence-electron chi connectivity index (χ1n) is 4.66. The maximum Gasteiger partial charge on any atom is 0.174 e. The van der Waals surface area contributed by atoms with Crippen LogP contribution in [-0.4, -0.2) is 9.36 Å². The molecule has 0 fully saturated rings. The Bertz CT molecular complexity index is 499. The van der Waals surface area contributed by atoms with E-state index in [1.54, 1.807) is 11.8 Å². The molecule has 0 saturated heterocycles. The second-order valence-corrected chi connectivity index (χ2v) is 5.58. The minimum atomic E-state index is 0.430. The van der Waals surface area contributed by atoms with Crippen LogP contribution >= 0.6 is 34.9 Å². The van der Waals surface area contributed by atoms with E-state index in [-0.39, 0.29) is 0 Å². The monoisotopic (exact) mass is 271 g/mol. The summed E-state index contributed by atoms with van der Waals surface area (Å²) in [6.45, 7) is 2.31. The van der Waals surface area contributed by atoms with E-state index in [0.717, 1.165) is 20.6 Å². The van der Waals surface area contributed by atoms with Gasteiger partial charge in [0.05, 0.1) is 0 Å². The molecule has 3 nitrogen and oxygen atoms in total. The number of aryl methyl sites for hydroxylation is 1. The zero-order valence-electron chi connectivity index (χ0n) is 8.61. The standard InChI is InChI=1S/C10H10ClN3S2/c1-6-13-10(16-14-6)15-9-4-2-3-8(11)7(9)5-12/h2-4H,5,12H2,1H3. The smallest absolute Gasteiger partial charge is 0.174 e. The van der Waals surface area contributed by atoms with Crippen LogP contribution in [0.2, 0.25) is 5.02 Å². The molecule has 2 rings (SSSR count). The van der Waals surface area contributed by atoms with E-state index in [1.165, 1.54) is 11.5 Å². The molecule has 0 amide bonds. The van der Waals surface area contributed by atoms with Gasteiger partial charge in [-0.1, -0.05) is 29.4 Å². The van der Waals surface area contributed by atoms with Crippen molar-refractivity contribution in [1.29, 1.82) is 0 Å². The van der Waals surface area contributed by atoms with Crippen LogP contribution in [0, 0.1) is 6.92 Å². The SMILES string of the molecule is Cc1nsc(Sc2cccc(Cl)c2CN)n1. The first-order chi connectivity index (χ1) is 7.70. The van der Waals surface area contributed by atoms with E-state index in [2.05, 4.69) is 9.36 Å². The van der Waals surface area contributed by atoms with Crippen molar-refractivity contribution >= 4 is 34.9 Å². The largest absolute Gasteiger partial charge is 0.326 e. The van der Waals surface area contributed by atoms with Gasteiger partial charge in [0.25, 0.3) is 0 Å². The molecule has 0 saturated carbocycles. The van der Waals surface area contributed by atoms with E-state index < -0.39 is 0 Å². The maximum absolute atomic E-state index is 6.07. The lowest BCUT2D eigenvalue weighted by molar-refractivity contribution is 1.02. The Morgan fingerprint density at radius 1 is 1.50 bits per heavy atom. The van der Waals surface area contributed by atoms with Gasteiger partial charge in [0.2, 0.25) is 0 Å². The molecule has 0 aliphatic rings. The molecule has 0 unspecified atom stereocenters. The number of nitrogens with zero attached hydrogens (tertiary/aromatic N) is 2. The van der Waals surface area contributed by atoms with Gasteiger partial charge >= 0.3 is 0 Å². The average molecular weight is 272 g/mol. The van der Waals surface area contributed by atoms with E-state index >= 15 is 0 Å². The molecule has 84 valence electrons. The van der Waals surface area contributed by atoms with Crippen molar-refractivity contribution < 1.29 is 0 Å². The van der Waals surface area contributed by atoms with Crippen LogP contribution in [-0.2, 0) is 6.54 Å². The van der Waals surface area contributed by atoms with Gasteiger partial charge in [-0.25, -0.2) is 4.98 Å². The zero-order valence-corrected chi connectivity index (χ0v) is 11.0. The van der Waals surface area contributed by atoms with Crippen molar-refractivity contribution in [3.8, 4) is 0 Å². The number of rotatable bonds is 3. The first-order valence-corrected chi connectivity index (χ1v) is 6.63. The molecule has 2 aromatic rings. The first kappa shape index (κ1) is 11.9. The summed E-state index contributed by atoms with van der Waals surface area (Å²) in [7, 11) is 0. The maximum atomic E-state index is 6.07. The van der Waals surface area contributed by atoms with Gasteiger partial charge in [0, 0.05) is 16.5 Å². The molecule has 1 aromatic heterocycles. The van der Waals surface area contributed by atoms with Crippen molar-refractivity contribution in [3.05, 3.63) is 34.6 Å². The Kier molecular flexibility index (Phi) is 3.81. The topological polar surface area (TPSA) is 51.8 Å². The lowest BCUT2D eigenvalue weighted by atomic mass is 10.2. The number of nitrogens with two attached hydrogens (primary N) is 1. The third-order valence-corrected chi connectivity index (χ3v) is 4.29. The van der Waals surface area contributed by atoms with E-state index in [9.17, 15) is 0 Å². The summed E-state index contributed by atoms with van der Waals surface area (Å²) in [4.78, 5) is 5.34. The quantitative estimate of drug-likeness (QED) is 0.932. The Morgan fingerprint density at radius 3 is 2.94 bits per heavy atom. The highest BCUT2D eigenvalue weighted by Gasteiger charge is 2.09. The molecular weight excluding hydrogens is 262 g/mol. The molecule has 16 heavy (non-hydrogen) atoms. The van der Waals surface area contributed by atoms with Gasteiger partial charge in [0.15, 0.2) is 4.34 Å². The molecule has 2 N–H and O–H groups in total. The van der Waals surface area contributed by atoms with E-state index in [0.29, 0.717) is 11.6 Å². The minimum absolute atomic E-state index is 0.430. The van der Waals surface area contributed by atoms with Crippen LogP contribution in [0.3, 0.4) is 0 Å². The molecule has 1 aromatic carbocycles. The summed E-state index contributed by atoms with van der Waals surface area (Å²) in [6, 6.07) is 5.76. The van der Waals surface area contributed by atoms with Gasteiger partial charge in [-0.3, -0.25) is 0 Å². The van der Waals surface area contributed by atoms with Crippen LogP contribution in [0.25, 0.3) is 0 Å². The third-order valence-electron chi connectivity index (χ3n) is 1.99. The lowest BCUT2D eigenvalue weighted by Gasteiger charge is -2.06. The molecule has 0 aliphatic heterocycles. The Hall–Kier alpha value is -0.620. The zero-order chi connectivity index (χ0) is 11.5. The molecular formula is C10H10ClN3S2. The van der Waals surface area contributed by atoms with Crippen LogP contribution in [0.4, 0.5) is 0 Å². The lowest BCUT2D eigenvalue weighted by Crippen LogP contribution is -1.99. The summed E-state index contributed by atoms with van der Waals surface area (Å²) in [6.07, 6.45) is 0. The van der Waals surface area contributed by atoms with Crippen molar-refractivity contribution in [2.45, 2.75) is 22.7 Å². The van der Waals surface area contributed by atoms with Crippen LogP contribution in [0.15, 0.2) is 27.4 Å². The fraction of sp³-hybridized carbons (Fsp3) is 0.200. The second kappa shape index (κ2) is 5.14. The van der Waals surface area contributed by atoms with Crippen LogP contribution in [0.5, 0.6) is 0 Å². The summed E-state index contributed by atoms with van der Waals surface area (Å²) in [5.41, 5.74) is 6.64. The molecule has 0 spiro atoms. The molecule has 0 aliphatic carbocycles. The number of hydrogen-bond acceptors (Lipinski definition) is 5. The fourth-order valence-electron chi connectivity index (χ4n) is 1.25. The predicted molar refractivity (Wildman–Crippen MR) is 68.1 cm³/mol. The molecule has 0 radical (unpaired) electrons. The highest BCUT2D eigenvalue weighted by Crippen LogP contribution is 2.34. The molecule has 1 heterocycles. The van der Waals surface area contributed by atoms with Gasteiger partial charge in [-0.05, 0) is 36.2 Å². The Morgan fingerprint density at radius 2 is 2.31 bits per heavy atom. The fourth-order valence-corrected chi connectivity index (χ4v) is 3.34. The Labute approximate surface area is 107 Å². The normalized spacial score (nSPS) is 10.7. The minimum Gasteiger partial charge on any atom is -0.326 e. The molecule has 6 heteroatoms.